The highest BCUT2D eigenvalue weighted by Crippen LogP contribution is 2.32. The molecule has 2 aromatic rings. The molecule has 20 heavy (non-hydrogen) atoms. The van der Waals surface area contributed by atoms with Gasteiger partial charge in [-0.1, -0.05) is 32.9 Å². The van der Waals surface area contributed by atoms with Crippen molar-refractivity contribution in [1.82, 2.24) is 4.98 Å². The average molecular weight is 334 g/mol. The van der Waals surface area contributed by atoms with E-state index >= 15 is 0 Å². The molecule has 0 radical (unpaired) electrons. The Morgan fingerprint density at radius 3 is 2.30 bits per heavy atom. The third kappa shape index (κ3) is 3.04. The fourth-order valence-electron chi connectivity index (χ4n) is 2.12. The van der Waals surface area contributed by atoms with Gasteiger partial charge in [-0.2, -0.15) is 0 Å². The number of aromatic nitrogens is 1. The van der Waals surface area contributed by atoms with Crippen molar-refractivity contribution >= 4 is 15.9 Å². The lowest BCUT2D eigenvalue weighted by Crippen LogP contribution is -2.14. The minimum absolute atomic E-state index is 0.0732. The lowest BCUT2D eigenvalue weighted by atomic mass is 9.90. The van der Waals surface area contributed by atoms with Gasteiger partial charge in [0.1, 0.15) is 5.75 Å². The average Bonchev–Trinajstić information content (AvgIpc) is 2.37. The normalized spacial score (nSPS) is 11.5. The van der Waals surface area contributed by atoms with E-state index in [9.17, 15) is 0 Å². The molecule has 0 saturated heterocycles. The summed E-state index contributed by atoms with van der Waals surface area (Å²) >= 11 is 3.53. The number of rotatable bonds is 2. The van der Waals surface area contributed by atoms with Crippen LogP contribution >= 0.6 is 15.9 Å². The third-order valence-electron chi connectivity index (χ3n) is 3.32. The highest BCUT2D eigenvalue weighted by Gasteiger charge is 2.16. The van der Waals surface area contributed by atoms with Crippen molar-refractivity contribution in [2.75, 3.05) is 7.11 Å². The second kappa shape index (κ2) is 5.57. The lowest BCUT2D eigenvalue weighted by molar-refractivity contribution is 0.412. The molecule has 0 saturated carbocycles. The Bertz CT molecular complexity index is 629. The van der Waals surface area contributed by atoms with E-state index in [1.165, 1.54) is 0 Å². The van der Waals surface area contributed by atoms with E-state index in [1.807, 2.05) is 6.07 Å². The van der Waals surface area contributed by atoms with Gasteiger partial charge in [0, 0.05) is 22.4 Å². The predicted octanol–water partition coefficient (Wildman–Crippen LogP) is 5.13. The molecule has 1 aromatic heterocycles. The number of halogens is 1. The summed E-state index contributed by atoms with van der Waals surface area (Å²) in [6.07, 6.45) is 0. The molecule has 0 amide bonds. The van der Waals surface area contributed by atoms with Gasteiger partial charge in [-0.05, 0) is 46.6 Å². The van der Waals surface area contributed by atoms with Crippen molar-refractivity contribution in [3.63, 3.8) is 0 Å². The predicted molar refractivity (Wildman–Crippen MR) is 87.4 cm³/mol. The van der Waals surface area contributed by atoms with Crippen LogP contribution in [-0.4, -0.2) is 12.1 Å². The van der Waals surface area contributed by atoms with Gasteiger partial charge in [-0.15, -0.1) is 0 Å². The number of ether oxygens (including phenoxy) is 1. The highest BCUT2D eigenvalue weighted by molar-refractivity contribution is 9.10. The Morgan fingerprint density at radius 2 is 1.80 bits per heavy atom. The van der Waals surface area contributed by atoms with E-state index in [0.717, 1.165) is 32.7 Å². The summed E-state index contributed by atoms with van der Waals surface area (Å²) in [7, 11) is 1.67. The fraction of sp³-hybridized carbons (Fsp3) is 0.353. The van der Waals surface area contributed by atoms with E-state index in [4.69, 9.17) is 9.72 Å². The molecular weight excluding hydrogens is 314 g/mol. The third-order valence-corrected chi connectivity index (χ3v) is 3.94. The SMILES string of the molecule is COc1ccc(-c2ccc(C(C)(C)C)nc2C)cc1Br. The van der Waals surface area contributed by atoms with Gasteiger partial charge in [0.2, 0.25) is 0 Å². The van der Waals surface area contributed by atoms with Crippen LogP contribution in [0.1, 0.15) is 32.2 Å². The van der Waals surface area contributed by atoms with Crippen LogP contribution in [0.25, 0.3) is 11.1 Å². The number of pyridine rings is 1. The molecule has 0 bridgehead atoms. The molecule has 0 fully saturated rings. The van der Waals surface area contributed by atoms with Crippen molar-refractivity contribution in [1.29, 1.82) is 0 Å². The molecule has 106 valence electrons. The second-order valence-corrected chi connectivity index (χ2v) is 6.78. The minimum Gasteiger partial charge on any atom is -0.496 e. The van der Waals surface area contributed by atoms with Crippen LogP contribution in [0.4, 0.5) is 0 Å². The topological polar surface area (TPSA) is 22.1 Å². The van der Waals surface area contributed by atoms with E-state index < -0.39 is 0 Å². The van der Waals surface area contributed by atoms with Crippen LogP contribution in [0.15, 0.2) is 34.8 Å². The van der Waals surface area contributed by atoms with Crippen LogP contribution in [0.5, 0.6) is 5.75 Å². The molecule has 3 heteroatoms. The molecule has 0 aliphatic rings. The zero-order valence-corrected chi connectivity index (χ0v) is 14.2. The second-order valence-electron chi connectivity index (χ2n) is 5.93. The Hall–Kier alpha value is -1.35. The van der Waals surface area contributed by atoms with Crippen LogP contribution < -0.4 is 4.74 Å². The standard InChI is InChI=1S/C17H20BrNO/c1-11-13(7-9-16(19-11)17(2,3)4)12-6-8-15(20-5)14(18)10-12/h6-10H,1-5H3. The number of hydrogen-bond donors (Lipinski definition) is 0. The molecule has 1 heterocycles. The Kier molecular flexibility index (Phi) is 4.19. The number of aryl methyl sites for hydroxylation is 1. The molecular formula is C17H20BrNO. The van der Waals surface area contributed by atoms with Gasteiger partial charge in [0.25, 0.3) is 0 Å². The molecule has 2 rings (SSSR count). The van der Waals surface area contributed by atoms with Gasteiger partial charge >= 0.3 is 0 Å². The van der Waals surface area contributed by atoms with E-state index in [2.05, 4.69) is 67.9 Å². The Balaban J connectivity index is 2.46. The van der Waals surface area contributed by atoms with Crippen LogP contribution in [0, 0.1) is 6.92 Å². The summed E-state index contributed by atoms with van der Waals surface area (Å²) in [5.41, 5.74) is 4.54. The maximum Gasteiger partial charge on any atom is 0.133 e. The van der Waals surface area contributed by atoms with Crippen LogP contribution in [0.3, 0.4) is 0 Å². The maximum atomic E-state index is 5.27. The maximum absolute atomic E-state index is 5.27. The quantitative estimate of drug-likeness (QED) is 0.760. The molecule has 0 unspecified atom stereocenters. The summed E-state index contributed by atoms with van der Waals surface area (Å²) in [6, 6.07) is 10.4. The summed E-state index contributed by atoms with van der Waals surface area (Å²) in [4.78, 5) is 4.75. The lowest BCUT2D eigenvalue weighted by Gasteiger charge is -2.19. The summed E-state index contributed by atoms with van der Waals surface area (Å²) in [5, 5.41) is 0. The van der Waals surface area contributed by atoms with Crippen LogP contribution in [-0.2, 0) is 5.41 Å². The van der Waals surface area contributed by atoms with Crippen molar-refractivity contribution in [3.8, 4) is 16.9 Å². The summed E-state index contributed by atoms with van der Waals surface area (Å²) in [5.74, 6) is 0.839. The largest absolute Gasteiger partial charge is 0.496 e. The minimum atomic E-state index is 0.0732. The zero-order chi connectivity index (χ0) is 14.9. The molecule has 0 spiro atoms. The molecule has 0 aliphatic heterocycles. The highest BCUT2D eigenvalue weighted by atomic mass is 79.9. The van der Waals surface area contributed by atoms with Crippen molar-refractivity contribution in [2.24, 2.45) is 0 Å². The number of benzene rings is 1. The van der Waals surface area contributed by atoms with Gasteiger partial charge in [0.05, 0.1) is 11.6 Å². The Morgan fingerprint density at radius 1 is 1.10 bits per heavy atom. The summed E-state index contributed by atoms with van der Waals surface area (Å²) in [6.45, 7) is 8.60. The van der Waals surface area contributed by atoms with Crippen molar-refractivity contribution in [2.45, 2.75) is 33.1 Å². The number of hydrogen-bond acceptors (Lipinski definition) is 2. The first-order valence-electron chi connectivity index (χ1n) is 6.65. The first-order valence-corrected chi connectivity index (χ1v) is 7.44. The van der Waals surface area contributed by atoms with Gasteiger partial charge in [-0.3, -0.25) is 4.98 Å². The van der Waals surface area contributed by atoms with Gasteiger partial charge < -0.3 is 4.74 Å². The van der Waals surface area contributed by atoms with Gasteiger partial charge in [-0.25, -0.2) is 0 Å². The molecule has 1 aromatic carbocycles. The Labute approximate surface area is 129 Å². The first-order chi connectivity index (χ1) is 9.32. The zero-order valence-electron chi connectivity index (χ0n) is 12.6. The fourth-order valence-corrected chi connectivity index (χ4v) is 2.66. The number of nitrogens with zero attached hydrogens (tertiary/aromatic N) is 1. The van der Waals surface area contributed by atoms with E-state index in [1.54, 1.807) is 7.11 Å². The van der Waals surface area contributed by atoms with Crippen LogP contribution in [0.2, 0.25) is 0 Å². The monoisotopic (exact) mass is 333 g/mol. The number of methoxy groups -OCH3 is 1. The van der Waals surface area contributed by atoms with Gasteiger partial charge in [0.15, 0.2) is 0 Å². The molecule has 0 N–H and O–H groups in total. The summed E-state index contributed by atoms with van der Waals surface area (Å²) < 4.78 is 6.22. The molecule has 0 aliphatic carbocycles. The first kappa shape index (κ1) is 15.0. The molecule has 0 atom stereocenters. The van der Waals surface area contributed by atoms with E-state index in [-0.39, 0.29) is 5.41 Å². The van der Waals surface area contributed by atoms with Crippen molar-refractivity contribution < 1.29 is 4.74 Å². The van der Waals surface area contributed by atoms with E-state index in [0.29, 0.717) is 0 Å². The smallest absolute Gasteiger partial charge is 0.133 e. The van der Waals surface area contributed by atoms with Crippen molar-refractivity contribution in [3.05, 3.63) is 46.2 Å². The molecule has 2 nitrogen and oxygen atoms in total.